The van der Waals surface area contributed by atoms with Gasteiger partial charge in [0.2, 0.25) is 0 Å². The van der Waals surface area contributed by atoms with Crippen molar-refractivity contribution in [1.82, 2.24) is 29.4 Å². The van der Waals surface area contributed by atoms with Gasteiger partial charge in [0.15, 0.2) is 0 Å². The van der Waals surface area contributed by atoms with E-state index in [-0.39, 0.29) is 5.78 Å². The molecule has 7 nitrogen and oxygen atoms in total. The van der Waals surface area contributed by atoms with Crippen molar-refractivity contribution in [2.75, 3.05) is 5.32 Å². The number of benzene rings is 2. The quantitative estimate of drug-likeness (QED) is 0.385. The second kappa shape index (κ2) is 8.62. The number of hydrogen-bond acceptors (Lipinski definition) is 5. The zero-order valence-corrected chi connectivity index (χ0v) is 18.2. The number of rotatable bonds is 6. The molecule has 0 saturated carbocycles. The summed E-state index contributed by atoms with van der Waals surface area (Å²) in [4.78, 5) is 7.61. The van der Waals surface area contributed by atoms with Gasteiger partial charge in [-0.3, -0.25) is 4.68 Å². The van der Waals surface area contributed by atoms with Crippen LogP contribution in [0.3, 0.4) is 0 Å². The van der Waals surface area contributed by atoms with Gasteiger partial charge in [-0.05, 0) is 12.5 Å². The molecule has 0 unspecified atom stereocenters. The van der Waals surface area contributed by atoms with E-state index >= 15 is 0 Å². The molecule has 0 spiro atoms. The van der Waals surface area contributed by atoms with Crippen LogP contribution in [0.25, 0.3) is 17.0 Å². The van der Waals surface area contributed by atoms with Crippen LogP contribution < -0.4 is 5.32 Å². The maximum atomic E-state index is 13.1. The summed E-state index contributed by atoms with van der Waals surface area (Å²) in [6.45, 7) is 2.61. The number of fused-ring (bicyclic) bond motifs is 1. The highest BCUT2D eigenvalue weighted by molar-refractivity contribution is 5.63. The molecule has 0 bridgehead atoms. The van der Waals surface area contributed by atoms with E-state index in [0.29, 0.717) is 24.6 Å². The molecule has 172 valence electrons. The average Bonchev–Trinajstić information content (AvgIpc) is 3.43. The highest BCUT2D eigenvalue weighted by atomic mass is 19.4. The van der Waals surface area contributed by atoms with Crippen LogP contribution in [0, 0.1) is 6.92 Å². The number of nitrogens with one attached hydrogen (secondary N) is 1. The lowest BCUT2D eigenvalue weighted by Crippen LogP contribution is -2.09. The molecule has 5 rings (SSSR count). The molecule has 10 heteroatoms. The number of nitrogens with zero attached hydrogens (tertiary/aromatic N) is 6. The molecule has 0 fully saturated rings. The van der Waals surface area contributed by atoms with E-state index in [0.717, 1.165) is 26.9 Å². The number of halogens is 3. The average molecular weight is 463 g/mol. The van der Waals surface area contributed by atoms with E-state index < -0.39 is 12.0 Å². The molecule has 0 aliphatic rings. The predicted molar refractivity (Wildman–Crippen MR) is 121 cm³/mol. The second-order valence-corrected chi connectivity index (χ2v) is 7.83. The molecule has 0 amide bonds. The smallest absolute Gasteiger partial charge is 0.366 e. The van der Waals surface area contributed by atoms with E-state index in [2.05, 4.69) is 20.4 Å². The molecular weight excluding hydrogens is 443 g/mol. The van der Waals surface area contributed by atoms with Gasteiger partial charge < -0.3 is 5.32 Å². The number of anilines is 1. The van der Waals surface area contributed by atoms with Crippen LogP contribution in [0.15, 0.2) is 72.9 Å². The largest absolute Gasteiger partial charge is 0.453 e. The molecule has 3 heterocycles. The van der Waals surface area contributed by atoms with Crippen LogP contribution in [0.5, 0.6) is 0 Å². The van der Waals surface area contributed by atoms with Gasteiger partial charge in [-0.2, -0.15) is 27.8 Å². The summed E-state index contributed by atoms with van der Waals surface area (Å²) in [5, 5.41) is 11.6. The number of hydrogen-bond donors (Lipinski definition) is 1. The zero-order valence-electron chi connectivity index (χ0n) is 18.2. The topological polar surface area (TPSA) is 72.9 Å². The highest BCUT2D eigenvalue weighted by Gasteiger charge is 2.36. The Morgan fingerprint density at radius 1 is 0.912 bits per heavy atom. The number of aromatic nitrogens is 6. The Labute approximate surface area is 192 Å². The van der Waals surface area contributed by atoms with Crippen LogP contribution in [0.1, 0.15) is 22.6 Å². The first-order valence-electron chi connectivity index (χ1n) is 10.6. The van der Waals surface area contributed by atoms with Crippen molar-refractivity contribution in [1.29, 1.82) is 0 Å². The van der Waals surface area contributed by atoms with Crippen molar-refractivity contribution in [3.63, 3.8) is 0 Å². The fraction of sp³-hybridized carbons (Fsp3) is 0.167. The minimum atomic E-state index is -4.65. The molecule has 0 atom stereocenters. The van der Waals surface area contributed by atoms with Crippen molar-refractivity contribution in [2.45, 2.75) is 26.2 Å². The van der Waals surface area contributed by atoms with Crippen molar-refractivity contribution in [3.8, 4) is 11.3 Å². The van der Waals surface area contributed by atoms with Gasteiger partial charge in [-0.15, -0.1) is 5.10 Å². The van der Waals surface area contributed by atoms with Crippen LogP contribution in [-0.2, 0) is 19.3 Å². The monoisotopic (exact) mass is 463 g/mol. The van der Waals surface area contributed by atoms with Gasteiger partial charge >= 0.3 is 6.18 Å². The third-order valence-electron chi connectivity index (χ3n) is 5.23. The highest BCUT2D eigenvalue weighted by Crippen LogP contribution is 2.28. The van der Waals surface area contributed by atoms with Crippen molar-refractivity contribution >= 4 is 11.6 Å². The lowest BCUT2D eigenvalue weighted by molar-refractivity contribution is -0.144. The summed E-state index contributed by atoms with van der Waals surface area (Å²) in [6.07, 6.45) is -2.71. The molecule has 0 aliphatic carbocycles. The van der Waals surface area contributed by atoms with Gasteiger partial charge in [-0.1, -0.05) is 60.7 Å². The van der Waals surface area contributed by atoms with Crippen molar-refractivity contribution < 1.29 is 13.2 Å². The van der Waals surface area contributed by atoms with Crippen LogP contribution in [0.4, 0.5) is 19.0 Å². The zero-order chi connectivity index (χ0) is 23.7. The van der Waals surface area contributed by atoms with Gasteiger partial charge in [0.25, 0.3) is 11.6 Å². The third kappa shape index (κ3) is 4.47. The molecule has 2 aromatic carbocycles. The molecular formula is C24H20F3N7. The fourth-order valence-electron chi connectivity index (χ4n) is 3.70. The summed E-state index contributed by atoms with van der Waals surface area (Å²) in [7, 11) is 0. The Morgan fingerprint density at radius 2 is 1.62 bits per heavy atom. The first-order valence-corrected chi connectivity index (χ1v) is 10.6. The van der Waals surface area contributed by atoms with E-state index in [9.17, 15) is 13.2 Å². The van der Waals surface area contributed by atoms with E-state index in [1.165, 1.54) is 0 Å². The van der Waals surface area contributed by atoms with Crippen molar-refractivity contribution in [2.24, 2.45) is 0 Å². The summed E-state index contributed by atoms with van der Waals surface area (Å²) in [5.41, 5.74) is 4.26. The summed E-state index contributed by atoms with van der Waals surface area (Å²) >= 11 is 0. The fourth-order valence-corrected chi connectivity index (χ4v) is 3.70. The van der Waals surface area contributed by atoms with Crippen LogP contribution in [-0.4, -0.2) is 29.4 Å². The maximum Gasteiger partial charge on any atom is 0.453 e. The van der Waals surface area contributed by atoms with E-state index in [1.807, 2.05) is 71.5 Å². The van der Waals surface area contributed by atoms with Crippen LogP contribution >= 0.6 is 0 Å². The molecule has 5 aromatic rings. The Balaban J connectivity index is 1.48. The SMILES string of the molecule is Cc1cc(NCc2cn(Cc3ccccc3)nc2-c2ccccc2)n2nc(C(F)(F)F)nc2n1. The van der Waals surface area contributed by atoms with Crippen molar-refractivity contribution in [3.05, 3.63) is 95.6 Å². The summed E-state index contributed by atoms with van der Waals surface area (Å²) in [5.74, 6) is -0.979. The normalized spacial score (nSPS) is 11.8. The first kappa shape index (κ1) is 21.6. The molecule has 0 saturated heterocycles. The first-order chi connectivity index (χ1) is 16.4. The maximum absolute atomic E-state index is 13.1. The number of aryl methyl sites for hydroxylation is 1. The molecule has 0 aliphatic heterocycles. The van der Waals surface area contributed by atoms with Gasteiger partial charge in [-0.25, -0.2) is 4.98 Å². The molecule has 0 radical (unpaired) electrons. The van der Waals surface area contributed by atoms with Gasteiger partial charge in [0, 0.05) is 35.6 Å². The lowest BCUT2D eigenvalue weighted by Gasteiger charge is -2.09. The Bertz CT molecular complexity index is 1420. The predicted octanol–water partition coefficient (Wildman–Crippen LogP) is 4.98. The Kier molecular flexibility index (Phi) is 5.48. The standard InChI is InChI=1S/C24H20F3N7/c1-16-12-20(34-23(29-16)30-22(32-34)24(25,26)27)28-13-19-15-33(14-17-8-4-2-5-9-17)31-21(19)18-10-6-3-7-11-18/h2-12,15,28H,13-14H2,1H3. The summed E-state index contributed by atoms with van der Waals surface area (Å²) in [6, 6.07) is 21.4. The molecule has 3 aromatic heterocycles. The van der Waals surface area contributed by atoms with E-state index in [1.54, 1.807) is 13.0 Å². The van der Waals surface area contributed by atoms with Crippen LogP contribution in [0.2, 0.25) is 0 Å². The van der Waals surface area contributed by atoms with Gasteiger partial charge in [0.1, 0.15) is 5.82 Å². The summed E-state index contributed by atoms with van der Waals surface area (Å²) < 4.78 is 42.3. The Morgan fingerprint density at radius 3 is 2.32 bits per heavy atom. The molecule has 1 N–H and O–H groups in total. The third-order valence-corrected chi connectivity index (χ3v) is 5.23. The Hall–Kier alpha value is -4.21. The second-order valence-electron chi connectivity index (χ2n) is 7.83. The number of alkyl halides is 3. The minimum Gasteiger partial charge on any atom is -0.366 e. The minimum absolute atomic E-state index is 0.113. The van der Waals surface area contributed by atoms with E-state index in [4.69, 9.17) is 5.10 Å². The molecule has 34 heavy (non-hydrogen) atoms. The van der Waals surface area contributed by atoms with Gasteiger partial charge in [0.05, 0.1) is 12.2 Å². The lowest BCUT2D eigenvalue weighted by atomic mass is 10.1.